The number of thioether (sulfide) groups is 1. The highest BCUT2D eigenvalue weighted by Gasteiger charge is 2.31. The van der Waals surface area contributed by atoms with Gasteiger partial charge in [0.25, 0.3) is 0 Å². The molecule has 0 atom stereocenters. The number of nitriles is 1. The summed E-state index contributed by atoms with van der Waals surface area (Å²) >= 11 is 1.92. The Morgan fingerprint density at radius 3 is 2.67 bits per heavy atom. The van der Waals surface area contributed by atoms with Crippen LogP contribution in [-0.4, -0.2) is 42.0 Å². The molecule has 1 saturated heterocycles. The van der Waals surface area contributed by atoms with E-state index < -0.39 is 11.7 Å². The van der Waals surface area contributed by atoms with Gasteiger partial charge in [0.2, 0.25) is 5.90 Å². The van der Waals surface area contributed by atoms with Crippen molar-refractivity contribution in [3.63, 3.8) is 0 Å². The molecule has 3 heterocycles. The van der Waals surface area contributed by atoms with Gasteiger partial charge < -0.3 is 9.64 Å². The number of hydrogen-bond acceptors (Lipinski definition) is 6. The van der Waals surface area contributed by atoms with Gasteiger partial charge >= 0.3 is 6.18 Å². The van der Waals surface area contributed by atoms with E-state index in [1.54, 1.807) is 6.92 Å². The molecular weight excluding hydrogens is 533 g/mol. The van der Waals surface area contributed by atoms with Gasteiger partial charge in [-0.3, -0.25) is 0 Å². The lowest BCUT2D eigenvalue weighted by molar-refractivity contribution is -0.137. The van der Waals surface area contributed by atoms with Gasteiger partial charge in [0, 0.05) is 36.2 Å². The maximum absolute atomic E-state index is 12.8. The van der Waals surface area contributed by atoms with E-state index in [1.165, 1.54) is 11.6 Å². The van der Waals surface area contributed by atoms with Crippen molar-refractivity contribution in [3.05, 3.63) is 82.3 Å². The van der Waals surface area contributed by atoms with E-state index in [0.717, 1.165) is 73.0 Å². The molecule has 9 heteroatoms. The average molecular weight is 569 g/mol. The first-order chi connectivity index (χ1) is 19.1. The average Bonchev–Trinajstić information content (AvgIpc) is 3.30. The maximum Gasteiger partial charge on any atom is 0.417 e. The van der Waals surface area contributed by atoms with Crippen molar-refractivity contribution in [2.24, 2.45) is 16.8 Å². The summed E-state index contributed by atoms with van der Waals surface area (Å²) in [5.41, 5.74) is 3.24. The van der Waals surface area contributed by atoms with Crippen molar-refractivity contribution in [2.45, 2.75) is 46.2 Å². The predicted octanol–water partition coefficient (Wildman–Crippen LogP) is 7.67. The van der Waals surface area contributed by atoms with Crippen LogP contribution in [0.1, 0.15) is 45.6 Å². The Balaban J connectivity index is 1.25. The third kappa shape index (κ3) is 7.91. The quantitative estimate of drug-likeness (QED) is 0.301. The molecule has 0 unspecified atom stereocenters. The summed E-state index contributed by atoms with van der Waals surface area (Å²) in [6.07, 6.45) is 9.76. The number of allylic oxidation sites excluding steroid dienone is 7. The SMILES string of the molecule is C/C(C#N)=C\C(=C1/CN=C(C2=CC=C(CSCC3CCN(c4ccc(C(F)(F)F)cn4)CC3)C=CC2)O1)C(C)C. The number of halogens is 3. The molecule has 40 heavy (non-hydrogen) atoms. The molecule has 1 fully saturated rings. The van der Waals surface area contributed by atoms with Gasteiger partial charge in [-0.2, -0.15) is 30.2 Å². The van der Waals surface area contributed by atoms with Crippen molar-refractivity contribution < 1.29 is 17.9 Å². The van der Waals surface area contributed by atoms with E-state index in [2.05, 4.69) is 59.1 Å². The Bertz CT molecular complexity index is 1290. The molecule has 0 radical (unpaired) electrons. The molecule has 1 aromatic rings. The highest BCUT2D eigenvalue weighted by Crippen LogP contribution is 2.31. The van der Waals surface area contributed by atoms with E-state index in [9.17, 15) is 13.2 Å². The van der Waals surface area contributed by atoms with Gasteiger partial charge in [-0.05, 0) is 73.1 Å². The molecule has 2 aliphatic heterocycles. The second-order valence-electron chi connectivity index (χ2n) is 10.6. The first kappa shape index (κ1) is 29.7. The standard InChI is InChI=1S/C31H35F3N4OS/c1-21(2)27(15-22(3)16-35)28-18-37-30(39-28)25-6-4-5-23(7-8-25)19-40-20-24-11-13-38(14-12-24)29-10-9-26(17-36-29)31(32,33)34/h4-5,7-10,15,17,21,24H,6,11-14,18-20H2,1-3H3/b22-15+,28-27-. The monoisotopic (exact) mass is 568 g/mol. The van der Waals surface area contributed by atoms with Crippen LogP contribution >= 0.6 is 11.8 Å². The Hall–Kier alpha value is -3.25. The largest absolute Gasteiger partial charge is 0.441 e. The zero-order valence-electron chi connectivity index (χ0n) is 23.2. The normalized spacial score (nSPS) is 20.0. The zero-order chi connectivity index (χ0) is 28.7. The van der Waals surface area contributed by atoms with Crippen LogP contribution in [0.15, 0.2) is 81.8 Å². The third-order valence-electron chi connectivity index (χ3n) is 7.16. The van der Waals surface area contributed by atoms with E-state index in [1.807, 2.05) is 17.8 Å². The fraction of sp³-hybridized carbons (Fsp3) is 0.452. The minimum absolute atomic E-state index is 0.230. The lowest BCUT2D eigenvalue weighted by Crippen LogP contribution is -2.35. The lowest BCUT2D eigenvalue weighted by atomic mass is 9.99. The number of hydrogen-bond donors (Lipinski definition) is 0. The number of pyridine rings is 1. The maximum atomic E-state index is 12.8. The van der Waals surface area contributed by atoms with Crippen molar-refractivity contribution in [3.8, 4) is 6.07 Å². The highest BCUT2D eigenvalue weighted by atomic mass is 32.2. The van der Waals surface area contributed by atoms with Crippen LogP contribution < -0.4 is 4.90 Å². The third-order valence-corrected chi connectivity index (χ3v) is 8.40. The van der Waals surface area contributed by atoms with Crippen LogP contribution in [0, 0.1) is 23.2 Å². The van der Waals surface area contributed by atoms with Gasteiger partial charge in [0.15, 0.2) is 0 Å². The molecule has 4 rings (SSSR count). The molecule has 0 spiro atoms. The van der Waals surface area contributed by atoms with Crippen LogP contribution in [-0.2, 0) is 10.9 Å². The topological polar surface area (TPSA) is 61.5 Å². The summed E-state index contributed by atoms with van der Waals surface area (Å²) in [6.45, 7) is 8.07. The molecule has 1 aliphatic carbocycles. The van der Waals surface area contributed by atoms with Gasteiger partial charge in [-0.1, -0.05) is 38.2 Å². The molecule has 0 N–H and O–H groups in total. The Morgan fingerprint density at radius 2 is 2.02 bits per heavy atom. The first-order valence-electron chi connectivity index (χ1n) is 13.6. The summed E-state index contributed by atoms with van der Waals surface area (Å²) < 4.78 is 44.6. The van der Waals surface area contributed by atoms with Crippen molar-refractivity contribution in [1.29, 1.82) is 5.26 Å². The number of aliphatic imine (C=N–C) groups is 1. The number of rotatable bonds is 8. The van der Waals surface area contributed by atoms with E-state index in [4.69, 9.17) is 10.00 Å². The highest BCUT2D eigenvalue weighted by molar-refractivity contribution is 7.99. The molecule has 212 valence electrons. The number of ether oxygens (including phenoxy) is 1. The second-order valence-corrected chi connectivity index (χ2v) is 11.6. The molecule has 0 bridgehead atoms. The van der Waals surface area contributed by atoms with Crippen LogP contribution in [0.3, 0.4) is 0 Å². The van der Waals surface area contributed by atoms with Crippen LogP contribution in [0.4, 0.5) is 19.0 Å². The summed E-state index contributed by atoms with van der Waals surface area (Å²) in [4.78, 5) is 10.8. The molecule has 0 amide bonds. The molecule has 1 aromatic heterocycles. The second kappa shape index (κ2) is 13.4. The van der Waals surface area contributed by atoms with Crippen LogP contribution in [0.2, 0.25) is 0 Å². The first-order valence-corrected chi connectivity index (χ1v) is 14.8. The minimum atomic E-state index is -4.36. The smallest absolute Gasteiger partial charge is 0.417 e. The molecule has 3 aliphatic rings. The summed E-state index contributed by atoms with van der Waals surface area (Å²) in [5.74, 6) is 4.85. The molecule has 0 saturated carbocycles. The molecule has 0 aromatic carbocycles. The fourth-order valence-corrected chi connectivity index (χ4v) is 6.03. The van der Waals surface area contributed by atoms with Crippen LogP contribution in [0.25, 0.3) is 0 Å². The minimum Gasteiger partial charge on any atom is -0.441 e. The Morgan fingerprint density at radius 1 is 1.25 bits per heavy atom. The van der Waals surface area contributed by atoms with Crippen LogP contribution in [0.5, 0.6) is 0 Å². The zero-order valence-corrected chi connectivity index (χ0v) is 24.0. The predicted molar refractivity (Wildman–Crippen MR) is 156 cm³/mol. The number of nitrogens with zero attached hydrogens (tertiary/aromatic N) is 4. The fourth-order valence-electron chi connectivity index (χ4n) is 4.81. The van der Waals surface area contributed by atoms with Crippen molar-refractivity contribution >= 4 is 23.5 Å². The van der Waals surface area contributed by atoms with E-state index >= 15 is 0 Å². The summed E-state index contributed by atoms with van der Waals surface area (Å²) in [5, 5.41) is 9.17. The molecular formula is C31H35F3N4OS. The van der Waals surface area contributed by atoms with Gasteiger partial charge in [0.05, 0.1) is 11.6 Å². The molecule has 5 nitrogen and oxygen atoms in total. The number of aromatic nitrogens is 1. The van der Waals surface area contributed by atoms with E-state index in [0.29, 0.717) is 29.8 Å². The van der Waals surface area contributed by atoms with Crippen molar-refractivity contribution in [2.75, 3.05) is 36.0 Å². The van der Waals surface area contributed by atoms with Gasteiger partial charge in [-0.25, -0.2) is 9.98 Å². The Labute approximate surface area is 238 Å². The van der Waals surface area contributed by atoms with Gasteiger partial charge in [-0.15, -0.1) is 0 Å². The number of piperidine rings is 1. The number of anilines is 1. The summed E-state index contributed by atoms with van der Waals surface area (Å²) in [6, 6.07) is 4.76. The number of alkyl halides is 3. The van der Waals surface area contributed by atoms with Gasteiger partial charge in [0.1, 0.15) is 18.1 Å². The Kier molecular flexibility index (Phi) is 9.96. The van der Waals surface area contributed by atoms with Crippen molar-refractivity contribution in [1.82, 2.24) is 4.98 Å². The lowest BCUT2D eigenvalue weighted by Gasteiger charge is -2.32. The summed E-state index contributed by atoms with van der Waals surface area (Å²) in [7, 11) is 0. The van der Waals surface area contributed by atoms with E-state index in [-0.39, 0.29) is 5.92 Å².